The third kappa shape index (κ3) is 2.50. The number of benzene rings is 2. The summed E-state index contributed by atoms with van der Waals surface area (Å²) in [7, 11) is 0. The molecule has 1 unspecified atom stereocenters. The van der Waals surface area contributed by atoms with Crippen molar-refractivity contribution in [3.63, 3.8) is 0 Å². The Bertz CT molecular complexity index is 866. The van der Waals surface area contributed by atoms with Crippen molar-refractivity contribution in [2.75, 3.05) is 6.54 Å². The number of amides is 1. The van der Waals surface area contributed by atoms with E-state index in [1.165, 1.54) is 22.2 Å². The van der Waals surface area contributed by atoms with Crippen LogP contribution in [0.3, 0.4) is 0 Å². The summed E-state index contributed by atoms with van der Waals surface area (Å²) in [5, 5.41) is 1.31. The number of hydrogen-bond acceptors (Lipinski definition) is 1. The number of fused-ring (bicyclic) bond motifs is 3. The van der Waals surface area contributed by atoms with Gasteiger partial charge in [-0.1, -0.05) is 55.5 Å². The zero-order valence-corrected chi connectivity index (χ0v) is 14.0. The average molecular weight is 318 g/mol. The number of H-pyrrole nitrogens is 1. The Balaban J connectivity index is 1.65. The second-order valence-corrected chi connectivity index (χ2v) is 6.49. The molecule has 1 amide bonds. The summed E-state index contributed by atoms with van der Waals surface area (Å²) < 4.78 is 0. The summed E-state index contributed by atoms with van der Waals surface area (Å²) in [6.07, 6.45) is 2.34. The van der Waals surface area contributed by atoms with Gasteiger partial charge in [0.1, 0.15) is 0 Å². The highest BCUT2D eigenvalue weighted by molar-refractivity contribution is 5.86. The van der Waals surface area contributed by atoms with E-state index in [0.717, 1.165) is 24.9 Å². The summed E-state index contributed by atoms with van der Waals surface area (Å²) >= 11 is 0. The molecule has 1 atom stereocenters. The van der Waals surface area contributed by atoms with E-state index in [2.05, 4.69) is 41.1 Å². The number of nitrogens with one attached hydrogen (secondary N) is 1. The maximum Gasteiger partial charge on any atom is 0.227 e. The molecule has 3 heteroatoms. The summed E-state index contributed by atoms with van der Waals surface area (Å²) in [6.45, 7) is 2.97. The monoisotopic (exact) mass is 318 g/mol. The SMILES string of the molecule is CCC1c2[nH]c3ccccc3c2CCN1C(=O)Cc1ccccc1. The van der Waals surface area contributed by atoms with Gasteiger partial charge in [0.15, 0.2) is 0 Å². The number of hydrogen-bond donors (Lipinski definition) is 1. The number of carbonyl (C=O) groups is 1. The first-order chi connectivity index (χ1) is 11.8. The van der Waals surface area contributed by atoms with Crippen LogP contribution in [-0.4, -0.2) is 22.3 Å². The standard InChI is InChI=1S/C21H22N2O/c1-2-19-21-17(16-10-6-7-11-18(16)22-21)12-13-23(19)20(24)14-15-8-4-3-5-9-15/h3-11,19,22H,2,12-14H2,1H3. The van der Waals surface area contributed by atoms with Crippen molar-refractivity contribution in [1.82, 2.24) is 9.88 Å². The van der Waals surface area contributed by atoms with Crippen LogP contribution in [0.5, 0.6) is 0 Å². The van der Waals surface area contributed by atoms with Gasteiger partial charge in [-0.3, -0.25) is 4.79 Å². The number of aromatic nitrogens is 1. The van der Waals surface area contributed by atoms with Crippen LogP contribution < -0.4 is 0 Å². The summed E-state index contributed by atoms with van der Waals surface area (Å²) in [4.78, 5) is 18.5. The third-order valence-electron chi connectivity index (χ3n) is 5.06. The molecule has 122 valence electrons. The molecule has 0 saturated heterocycles. The normalized spacial score (nSPS) is 17.0. The Hall–Kier alpha value is -2.55. The van der Waals surface area contributed by atoms with Crippen molar-refractivity contribution in [3.8, 4) is 0 Å². The van der Waals surface area contributed by atoms with E-state index < -0.39 is 0 Å². The minimum atomic E-state index is 0.150. The Kier molecular flexibility index (Phi) is 3.85. The molecule has 0 spiro atoms. The molecule has 1 aliphatic heterocycles. The van der Waals surface area contributed by atoms with Gasteiger partial charge < -0.3 is 9.88 Å². The van der Waals surface area contributed by atoms with Gasteiger partial charge in [-0.25, -0.2) is 0 Å². The maximum absolute atomic E-state index is 12.9. The quantitative estimate of drug-likeness (QED) is 0.770. The van der Waals surface area contributed by atoms with Crippen LogP contribution in [0.2, 0.25) is 0 Å². The van der Waals surface area contributed by atoms with Gasteiger partial charge in [0.2, 0.25) is 5.91 Å². The predicted molar refractivity (Wildman–Crippen MR) is 96.9 cm³/mol. The Morgan fingerprint density at radius 2 is 1.88 bits per heavy atom. The second kappa shape index (κ2) is 6.16. The molecule has 3 nitrogen and oxygen atoms in total. The van der Waals surface area contributed by atoms with Crippen LogP contribution in [-0.2, 0) is 17.6 Å². The van der Waals surface area contributed by atoms with E-state index in [0.29, 0.717) is 6.42 Å². The van der Waals surface area contributed by atoms with Crippen LogP contribution in [0.1, 0.15) is 36.2 Å². The first-order valence-electron chi connectivity index (χ1n) is 8.70. The largest absolute Gasteiger partial charge is 0.356 e. The molecule has 2 aromatic carbocycles. The zero-order chi connectivity index (χ0) is 16.5. The lowest BCUT2D eigenvalue weighted by atomic mass is 9.95. The molecule has 24 heavy (non-hydrogen) atoms. The lowest BCUT2D eigenvalue weighted by Crippen LogP contribution is -2.40. The van der Waals surface area contributed by atoms with Crippen molar-refractivity contribution in [1.29, 1.82) is 0 Å². The molecule has 3 aromatic rings. The fraction of sp³-hybridized carbons (Fsp3) is 0.286. The van der Waals surface area contributed by atoms with Crippen molar-refractivity contribution < 1.29 is 4.79 Å². The van der Waals surface area contributed by atoms with Crippen molar-refractivity contribution in [3.05, 3.63) is 71.4 Å². The molecule has 4 rings (SSSR count). The van der Waals surface area contributed by atoms with Gasteiger partial charge in [0.05, 0.1) is 12.5 Å². The van der Waals surface area contributed by atoms with E-state index in [9.17, 15) is 4.79 Å². The molecular weight excluding hydrogens is 296 g/mol. The van der Waals surface area contributed by atoms with Crippen LogP contribution >= 0.6 is 0 Å². The first-order valence-corrected chi connectivity index (χ1v) is 8.70. The van der Waals surface area contributed by atoms with Gasteiger partial charge >= 0.3 is 0 Å². The number of rotatable bonds is 3. The average Bonchev–Trinajstić information content (AvgIpc) is 3.00. The van der Waals surface area contributed by atoms with Crippen molar-refractivity contribution in [2.24, 2.45) is 0 Å². The lowest BCUT2D eigenvalue weighted by molar-refractivity contribution is -0.133. The maximum atomic E-state index is 12.9. The van der Waals surface area contributed by atoms with Gasteiger partial charge in [0.25, 0.3) is 0 Å². The highest BCUT2D eigenvalue weighted by Gasteiger charge is 2.31. The molecule has 2 heterocycles. The lowest BCUT2D eigenvalue weighted by Gasteiger charge is -2.35. The zero-order valence-electron chi connectivity index (χ0n) is 14.0. The van der Waals surface area contributed by atoms with Crippen LogP contribution in [0.25, 0.3) is 10.9 Å². The third-order valence-corrected chi connectivity index (χ3v) is 5.06. The predicted octanol–water partition coefficient (Wildman–Crippen LogP) is 4.25. The molecule has 1 N–H and O–H groups in total. The highest BCUT2D eigenvalue weighted by atomic mass is 16.2. The smallest absolute Gasteiger partial charge is 0.227 e. The number of carbonyl (C=O) groups excluding carboxylic acids is 1. The number of nitrogens with zero attached hydrogens (tertiary/aromatic N) is 1. The van der Waals surface area contributed by atoms with E-state index in [1.807, 2.05) is 30.3 Å². The number of para-hydroxylation sites is 1. The minimum absolute atomic E-state index is 0.150. The molecule has 0 radical (unpaired) electrons. The molecule has 0 bridgehead atoms. The summed E-state index contributed by atoms with van der Waals surface area (Å²) in [5.41, 5.74) is 4.88. The Labute approximate surface area is 142 Å². The molecule has 0 fully saturated rings. The fourth-order valence-electron chi connectivity index (χ4n) is 3.91. The topological polar surface area (TPSA) is 36.1 Å². The van der Waals surface area contributed by atoms with Gasteiger partial charge in [-0.15, -0.1) is 0 Å². The van der Waals surface area contributed by atoms with Gasteiger partial charge in [-0.2, -0.15) is 0 Å². The fourth-order valence-corrected chi connectivity index (χ4v) is 3.91. The first kappa shape index (κ1) is 15.0. The van der Waals surface area contributed by atoms with E-state index in [1.54, 1.807) is 0 Å². The summed E-state index contributed by atoms with van der Waals surface area (Å²) in [6, 6.07) is 18.6. The van der Waals surface area contributed by atoms with Gasteiger partial charge in [0, 0.05) is 23.1 Å². The van der Waals surface area contributed by atoms with E-state index in [-0.39, 0.29) is 11.9 Å². The molecule has 0 saturated carbocycles. The van der Waals surface area contributed by atoms with E-state index >= 15 is 0 Å². The molecule has 1 aliphatic rings. The molecular formula is C21H22N2O. The van der Waals surface area contributed by atoms with Crippen molar-refractivity contribution >= 4 is 16.8 Å². The second-order valence-electron chi connectivity index (χ2n) is 6.49. The Morgan fingerprint density at radius 1 is 1.12 bits per heavy atom. The van der Waals surface area contributed by atoms with E-state index in [4.69, 9.17) is 0 Å². The molecule has 0 aliphatic carbocycles. The van der Waals surface area contributed by atoms with Crippen molar-refractivity contribution in [2.45, 2.75) is 32.2 Å². The van der Waals surface area contributed by atoms with Crippen LogP contribution in [0, 0.1) is 0 Å². The minimum Gasteiger partial charge on any atom is -0.356 e. The van der Waals surface area contributed by atoms with Crippen LogP contribution in [0.15, 0.2) is 54.6 Å². The Morgan fingerprint density at radius 3 is 2.67 bits per heavy atom. The van der Waals surface area contributed by atoms with Crippen LogP contribution in [0.4, 0.5) is 0 Å². The highest BCUT2D eigenvalue weighted by Crippen LogP contribution is 2.36. The molecule has 1 aromatic heterocycles. The van der Waals surface area contributed by atoms with Gasteiger partial charge in [-0.05, 0) is 30.0 Å². The summed E-state index contributed by atoms with van der Waals surface area (Å²) in [5.74, 6) is 0.220. The number of aromatic amines is 1.